The van der Waals surface area contributed by atoms with E-state index in [-0.39, 0.29) is 28.9 Å². The fourth-order valence-corrected chi connectivity index (χ4v) is 5.38. The molecule has 2 aromatic rings. The Bertz CT molecular complexity index is 822. The van der Waals surface area contributed by atoms with E-state index in [1.165, 1.54) is 10.4 Å². The van der Waals surface area contributed by atoms with Crippen LogP contribution < -0.4 is 0 Å². The molecule has 23 heavy (non-hydrogen) atoms. The molecule has 124 valence electrons. The van der Waals surface area contributed by atoms with Crippen LogP contribution in [0.4, 0.5) is 0 Å². The highest BCUT2D eigenvalue weighted by molar-refractivity contribution is 7.91. The number of aromatic nitrogens is 1. The van der Waals surface area contributed by atoms with Crippen molar-refractivity contribution in [2.45, 2.75) is 11.1 Å². The zero-order valence-electron chi connectivity index (χ0n) is 12.2. The summed E-state index contributed by atoms with van der Waals surface area (Å²) < 4.78 is 31.9. The van der Waals surface area contributed by atoms with Gasteiger partial charge in [-0.05, 0) is 19.1 Å². The molecule has 7 nitrogen and oxygen atoms in total. The van der Waals surface area contributed by atoms with Crippen LogP contribution in [0.1, 0.15) is 16.2 Å². The summed E-state index contributed by atoms with van der Waals surface area (Å²) in [7, 11) is -3.56. The van der Waals surface area contributed by atoms with Crippen molar-refractivity contribution in [1.29, 1.82) is 0 Å². The third kappa shape index (κ3) is 3.27. The predicted molar refractivity (Wildman–Crippen MR) is 85.2 cm³/mol. The number of hydrogen-bond acceptors (Lipinski definition) is 6. The van der Waals surface area contributed by atoms with Gasteiger partial charge in [0.2, 0.25) is 0 Å². The first-order chi connectivity index (χ1) is 10.9. The number of halogens is 1. The SMILES string of the molecule is Cc1cc(C(=O)N2CCN(S(=O)(=O)c3ccc(Cl)s3)CC2)no1. The highest BCUT2D eigenvalue weighted by Crippen LogP contribution is 2.28. The Labute approximate surface area is 142 Å². The van der Waals surface area contributed by atoms with Gasteiger partial charge in [-0.25, -0.2) is 8.42 Å². The minimum atomic E-state index is -3.56. The summed E-state index contributed by atoms with van der Waals surface area (Å²) in [4.78, 5) is 13.8. The van der Waals surface area contributed by atoms with Crippen molar-refractivity contribution < 1.29 is 17.7 Å². The first-order valence-corrected chi connectivity index (χ1v) is 9.49. The van der Waals surface area contributed by atoms with Crippen LogP contribution in [0.25, 0.3) is 0 Å². The Kier molecular flexibility index (Phi) is 4.45. The molecule has 0 aliphatic carbocycles. The van der Waals surface area contributed by atoms with Crippen molar-refractivity contribution in [3.05, 3.63) is 34.0 Å². The van der Waals surface area contributed by atoms with Crippen LogP contribution in [0.15, 0.2) is 26.9 Å². The summed E-state index contributed by atoms with van der Waals surface area (Å²) in [6.45, 7) is 2.80. The lowest BCUT2D eigenvalue weighted by Crippen LogP contribution is -2.50. The number of nitrogens with zero attached hydrogens (tertiary/aromatic N) is 3. The number of amides is 1. The lowest BCUT2D eigenvalue weighted by molar-refractivity contribution is 0.0687. The van der Waals surface area contributed by atoms with E-state index in [0.717, 1.165) is 11.3 Å². The van der Waals surface area contributed by atoms with Crippen LogP contribution in [-0.4, -0.2) is 54.9 Å². The normalized spacial score (nSPS) is 16.7. The average molecular weight is 376 g/mol. The number of sulfonamides is 1. The summed E-state index contributed by atoms with van der Waals surface area (Å²) in [6, 6.07) is 4.63. The summed E-state index contributed by atoms with van der Waals surface area (Å²) in [6.07, 6.45) is 0. The average Bonchev–Trinajstić information content (AvgIpc) is 3.15. The van der Waals surface area contributed by atoms with Crippen molar-refractivity contribution in [3.8, 4) is 0 Å². The molecule has 1 amide bonds. The Hall–Kier alpha value is -1.42. The Morgan fingerprint density at radius 1 is 1.30 bits per heavy atom. The Morgan fingerprint density at radius 2 is 2.00 bits per heavy atom. The van der Waals surface area contributed by atoms with Gasteiger partial charge >= 0.3 is 0 Å². The lowest BCUT2D eigenvalue weighted by Gasteiger charge is -2.33. The maximum atomic E-state index is 12.5. The van der Waals surface area contributed by atoms with Crippen LogP contribution in [0.2, 0.25) is 4.34 Å². The van der Waals surface area contributed by atoms with Crippen molar-refractivity contribution in [2.24, 2.45) is 0 Å². The van der Waals surface area contributed by atoms with E-state index in [4.69, 9.17) is 16.1 Å². The van der Waals surface area contributed by atoms with Crippen LogP contribution in [0.5, 0.6) is 0 Å². The number of hydrogen-bond donors (Lipinski definition) is 0. The summed E-state index contributed by atoms with van der Waals surface area (Å²) in [5, 5.41) is 3.70. The van der Waals surface area contributed by atoms with E-state index in [2.05, 4.69) is 5.16 Å². The second kappa shape index (κ2) is 6.23. The van der Waals surface area contributed by atoms with Crippen molar-refractivity contribution >= 4 is 38.9 Å². The van der Waals surface area contributed by atoms with Gasteiger partial charge in [0.05, 0.1) is 4.34 Å². The molecule has 2 aromatic heterocycles. The van der Waals surface area contributed by atoms with Gasteiger partial charge in [-0.1, -0.05) is 16.8 Å². The summed E-state index contributed by atoms with van der Waals surface area (Å²) >= 11 is 6.83. The molecule has 3 heterocycles. The van der Waals surface area contributed by atoms with E-state index in [1.54, 1.807) is 24.0 Å². The van der Waals surface area contributed by atoms with Crippen molar-refractivity contribution in [1.82, 2.24) is 14.4 Å². The molecule has 0 radical (unpaired) electrons. The molecule has 0 aromatic carbocycles. The number of thiophene rings is 1. The van der Waals surface area contributed by atoms with E-state index < -0.39 is 10.0 Å². The molecule has 10 heteroatoms. The Morgan fingerprint density at radius 3 is 2.52 bits per heavy atom. The van der Waals surface area contributed by atoms with Crippen molar-refractivity contribution in [2.75, 3.05) is 26.2 Å². The zero-order chi connectivity index (χ0) is 16.6. The fourth-order valence-electron chi connectivity index (χ4n) is 2.32. The summed E-state index contributed by atoms with van der Waals surface area (Å²) in [5.74, 6) is 0.308. The topological polar surface area (TPSA) is 83.7 Å². The van der Waals surface area contributed by atoms with Gasteiger partial charge in [-0.3, -0.25) is 4.79 Å². The van der Waals surface area contributed by atoms with Gasteiger partial charge in [-0.2, -0.15) is 4.31 Å². The monoisotopic (exact) mass is 375 g/mol. The number of carbonyl (C=O) groups excluding carboxylic acids is 1. The van der Waals surface area contributed by atoms with E-state index >= 15 is 0 Å². The molecule has 0 saturated carbocycles. The number of aryl methyl sites for hydroxylation is 1. The number of rotatable bonds is 3. The lowest BCUT2D eigenvalue weighted by atomic mass is 10.3. The highest BCUT2D eigenvalue weighted by atomic mass is 35.5. The molecular formula is C13H14ClN3O4S2. The second-order valence-electron chi connectivity index (χ2n) is 5.08. The second-order valence-corrected chi connectivity index (χ2v) is 8.96. The molecule has 0 unspecified atom stereocenters. The molecule has 1 aliphatic heterocycles. The fraction of sp³-hybridized carbons (Fsp3) is 0.385. The maximum absolute atomic E-state index is 12.5. The van der Waals surface area contributed by atoms with Gasteiger partial charge in [-0.15, -0.1) is 11.3 Å². The maximum Gasteiger partial charge on any atom is 0.276 e. The van der Waals surface area contributed by atoms with Crippen LogP contribution in [0.3, 0.4) is 0 Å². The number of carbonyl (C=O) groups is 1. The molecule has 1 aliphatic rings. The van der Waals surface area contributed by atoms with Gasteiger partial charge in [0, 0.05) is 32.2 Å². The van der Waals surface area contributed by atoms with Gasteiger partial charge in [0.25, 0.3) is 15.9 Å². The molecular weight excluding hydrogens is 362 g/mol. The van der Waals surface area contributed by atoms with Crippen LogP contribution in [0, 0.1) is 6.92 Å². The largest absolute Gasteiger partial charge is 0.361 e. The minimum absolute atomic E-state index is 0.217. The molecule has 0 N–H and O–H groups in total. The third-order valence-electron chi connectivity index (χ3n) is 3.52. The Balaban J connectivity index is 1.67. The van der Waals surface area contributed by atoms with E-state index in [1.807, 2.05) is 0 Å². The van der Waals surface area contributed by atoms with Crippen LogP contribution >= 0.6 is 22.9 Å². The molecule has 0 atom stereocenters. The van der Waals surface area contributed by atoms with Crippen molar-refractivity contribution in [3.63, 3.8) is 0 Å². The van der Waals surface area contributed by atoms with Crippen LogP contribution in [-0.2, 0) is 10.0 Å². The summed E-state index contributed by atoms with van der Waals surface area (Å²) in [5.41, 5.74) is 0.240. The molecule has 1 saturated heterocycles. The molecule has 0 spiro atoms. The molecule has 3 rings (SSSR count). The van der Waals surface area contributed by atoms with Gasteiger partial charge in [0.1, 0.15) is 9.97 Å². The zero-order valence-corrected chi connectivity index (χ0v) is 14.6. The molecule has 0 bridgehead atoms. The van der Waals surface area contributed by atoms with Gasteiger partial charge in [0.15, 0.2) is 5.69 Å². The van der Waals surface area contributed by atoms with E-state index in [0.29, 0.717) is 23.2 Å². The quantitative estimate of drug-likeness (QED) is 0.817. The van der Waals surface area contributed by atoms with E-state index in [9.17, 15) is 13.2 Å². The minimum Gasteiger partial charge on any atom is -0.361 e. The molecule has 1 fully saturated rings. The number of piperazine rings is 1. The smallest absolute Gasteiger partial charge is 0.276 e. The highest BCUT2D eigenvalue weighted by Gasteiger charge is 2.32. The standard InChI is InChI=1S/C13H14ClN3O4S2/c1-9-8-10(15-21-9)13(18)16-4-6-17(7-5-16)23(19,20)12-3-2-11(14)22-12/h2-3,8H,4-7H2,1H3. The first kappa shape index (κ1) is 16.4. The third-order valence-corrected chi connectivity index (χ3v) is 7.11. The first-order valence-electron chi connectivity index (χ1n) is 6.86. The predicted octanol–water partition coefficient (Wildman–Crippen LogP) is 1.84. The van der Waals surface area contributed by atoms with Gasteiger partial charge < -0.3 is 9.42 Å².